The van der Waals surface area contributed by atoms with Gasteiger partial charge in [-0.25, -0.2) is 0 Å². The first-order chi connectivity index (χ1) is 50.2. The van der Waals surface area contributed by atoms with Crippen LogP contribution in [-0.4, -0.2) is 35.2 Å². The van der Waals surface area contributed by atoms with Crippen molar-refractivity contribution in [1.82, 2.24) is 0 Å². The van der Waals surface area contributed by atoms with Crippen molar-refractivity contribution in [3.8, 4) is 0 Å². The van der Waals surface area contributed by atoms with E-state index < -0.39 is 0 Å². The van der Waals surface area contributed by atoms with E-state index in [0.717, 1.165) is 56.7 Å². The molecule has 13 aromatic rings. The van der Waals surface area contributed by atoms with Gasteiger partial charge >= 0.3 is 0 Å². The van der Waals surface area contributed by atoms with Crippen LogP contribution in [0.4, 0.5) is 79.6 Å². The lowest BCUT2D eigenvalue weighted by atomic mass is 10.0. The average molecular weight is 1340 g/mol. The van der Waals surface area contributed by atoms with E-state index in [0.29, 0.717) is 0 Å². The second-order valence-electron chi connectivity index (χ2n) is 25.2. The van der Waals surface area contributed by atoms with Gasteiger partial charge in [-0.15, -0.1) is 0 Å². The molecule has 2 N–H and O–H groups in total. The first-order valence-corrected chi connectivity index (χ1v) is 36.3. The van der Waals surface area contributed by atoms with Crippen molar-refractivity contribution >= 4 is 96.5 Å². The largest absolute Gasteiger partial charge is 0.388 e. The van der Waals surface area contributed by atoms with Gasteiger partial charge < -0.3 is 35.1 Å². The fourth-order valence-corrected chi connectivity index (χ4v) is 12.2. The summed E-state index contributed by atoms with van der Waals surface area (Å²) in [5, 5.41) is 8.70. The van der Waals surface area contributed by atoms with Gasteiger partial charge in [-0.2, -0.15) is 0 Å². The van der Waals surface area contributed by atoms with Crippen LogP contribution in [0.15, 0.2) is 358 Å². The highest BCUT2D eigenvalue weighted by atomic mass is 15.2. The van der Waals surface area contributed by atoms with E-state index in [9.17, 15) is 0 Å². The molecule has 0 bridgehead atoms. The molecule has 13 rings (SSSR count). The van der Waals surface area contributed by atoms with E-state index in [4.69, 9.17) is 0 Å². The van der Waals surface area contributed by atoms with Crippen molar-refractivity contribution in [2.24, 2.45) is 0 Å². The first kappa shape index (κ1) is 74.7. The molecule has 0 saturated heterocycles. The van der Waals surface area contributed by atoms with Crippen LogP contribution in [0, 0.1) is 0 Å². The van der Waals surface area contributed by atoms with Crippen molar-refractivity contribution in [1.29, 1.82) is 0 Å². The predicted molar refractivity (Wildman–Crippen MR) is 447 cm³/mol. The molecule has 0 aliphatic carbocycles. The molecular weight excluding hydrogens is 1240 g/mol. The van der Waals surface area contributed by atoms with Gasteiger partial charge in [-0.3, -0.25) is 0 Å². The van der Waals surface area contributed by atoms with Crippen molar-refractivity contribution in [3.63, 3.8) is 0 Å². The molecule has 0 saturated carbocycles. The molecule has 0 atom stereocenters. The number of hydrogen-bond donors (Lipinski definition) is 2. The zero-order valence-electron chi connectivity index (χ0n) is 60.8. The SMILES string of the molecule is C=Cc1ccc(N(C)c2ccccc2)cc1.CCCCCCCCCCCCc1ccc(NC)cc1.CN(c1ccc(N(c2ccccc2)c2ccccc2)cc1)c1cccc2ccccc12.CN(c1ccccc1)c1ccc(N(c2ccccc2)c2ccccc2)cc1.CNc1ccccc1. The number of rotatable bonds is 26. The van der Waals surface area contributed by atoms with E-state index in [2.05, 4.69) is 355 Å². The first-order valence-electron chi connectivity index (χ1n) is 36.3. The Morgan fingerprint density at radius 1 is 0.275 bits per heavy atom. The maximum Gasteiger partial charge on any atom is 0.0487 e. The molecule has 7 heteroatoms. The lowest BCUT2D eigenvalue weighted by molar-refractivity contribution is 0.556. The molecule has 7 nitrogen and oxygen atoms in total. The second-order valence-corrected chi connectivity index (χ2v) is 25.2. The molecule has 0 heterocycles. The standard InChI is InChI=1S/C29H24N2.C25H22N2.C19H33N.C15H15N.C7H9N/c1-30(29-18-10-12-23-11-8-9-17-28(23)29)24-19-21-27(22-20-24)31(25-13-4-2-5-14-25)26-15-6-3-7-16-26;1-26(21-11-5-2-6-12-21)22-17-19-25(20-18-22)27(23-13-7-3-8-14-23)24-15-9-4-10-16-24;1-3-4-5-6-7-8-9-10-11-12-13-18-14-16-19(20-2)17-15-18;1-3-13-9-11-15(12-10-13)16(2)14-7-5-4-6-8-14;1-8-7-5-3-2-4-6-7/h2-22H,1H3;2-20H,1H3;14-17,20H,3-13H2,1-2H3;3-12H,1H2,2H3;2-6,8H,1H3. The van der Waals surface area contributed by atoms with Crippen LogP contribution in [0.25, 0.3) is 16.8 Å². The third kappa shape index (κ3) is 23.0. The normalized spacial score (nSPS) is 10.3. The minimum atomic E-state index is 1.13. The lowest BCUT2D eigenvalue weighted by Gasteiger charge is -2.27. The lowest BCUT2D eigenvalue weighted by Crippen LogP contribution is -2.12. The van der Waals surface area contributed by atoms with Crippen LogP contribution in [0.5, 0.6) is 0 Å². The summed E-state index contributed by atoms with van der Waals surface area (Å²) in [7, 11) is 10.2. The summed E-state index contributed by atoms with van der Waals surface area (Å²) in [5.74, 6) is 0. The maximum atomic E-state index is 3.75. The molecule has 0 aliphatic rings. The molecule has 13 aromatic carbocycles. The van der Waals surface area contributed by atoms with Gasteiger partial charge in [-0.1, -0.05) is 265 Å². The number of para-hydroxylation sites is 7. The highest BCUT2D eigenvalue weighted by molar-refractivity contribution is 5.96. The molecule has 0 radical (unpaired) electrons. The van der Waals surface area contributed by atoms with E-state index in [1.54, 1.807) is 0 Å². The molecule has 102 heavy (non-hydrogen) atoms. The monoisotopic (exact) mass is 1340 g/mol. The smallest absolute Gasteiger partial charge is 0.0487 e. The van der Waals surface area contributed by atoms with Gasteiger partial charge in [-0.05, 0) is 193 Å². The molecule has 0 aliphatic heterocycles. The number of nitrogens with zero attached hydrogens (tertiary/aromatic N) is 5. The van der Waals surface area contributed by atoms with Crippen LogP contribution < -0.4 is 35.1 Å². The molecule has 0 amide bonds. The Labute approximate surface area is 610 Å². The summed E-state index contributed by atoms with van der Waals surface area (Å²) in [5.41, 5.74) is 18.9. The molecule has 0 spiro atoms. The fourth-order valence-electron chi connectivity index (χ4n) is 12.2. The molecule has 0 aromatic heterocycles. The van der Waals surface area contributed by atoms with Crippen LogP contribution in [0.3, 0.4) is 0 Å². The van der Waals surface area contributed by atoms with Crippen LogP contribution >= 0.6 is 0 Å². The fraction of sp³-hybridized carbons (Fsp3) is 0.179. The van der Waals surface area contributed by atoms with Gasteiger partial charge in [0, 0.05) is 120 Å². The topological polar surface area (TPSA) is 40.3 Å². The number of hydrogen-bond acceptors (Lipinski definition) is 7. The number of benzene rings is 13. The van der Waals surface area contributed by atoms with E-state index >= 15 is 0 Å². The Morgan fingerprint density at radius 3 is 0.951 bits per heavy atom. The Balaban J connectivity index is 0.000000156. The average Bonchev–Trinajstić information content (AvgIpc) is 0.804. The maximum absolute atomic E-state index is 3.75. The summed E-state index contributed by atoms with van der Waals surface area (Å²) in [6, 6.07) is 122. The van der Waals surface area contributed by atoms with E-state index in [1.807, 2.05) is 86.9 Å². The number of unbranched alkanes of at least 4 members (excludes halogenated alkanes) is 9. The third-order valence-electron chi connectivity index (χ3n) is 18.1. The zero-order chi connectivity index (χ0) is 71.2. The summed E-state index contributed by atoms with van der Waals surface area (Å²) < 4.78 is 0. The Bertz CT molecular complexity index is 4290. The summed E-state index contributed by atoms with van der Waals surface area (Å²) >= 11 is 0. The Morgan fingerprint density at radius 2 is 0.569 bits per heavy atom. The number of nitrogens with one attached hydrogen (secondary N) is 2. The number of fused-ring (bicyclic) bond motifs is 1. The van der Waals surface area contributed by atoms with Crippen molar-refractivity contribution in [2.45, 2.75) is 77.6 Å². The summed E-state index contributed by atoms with van der Waals surface area (Å²) in [6.07, 6.45) is 17.2. The van der Waals surface area contributed by atoms with Crippen LogP contribution in [0.2, 0.25) is 0 Å². The minimum absolute atomic E-state index is 1.13. The van der Waals surface area contributed by atoms with E-state index in [-0.39, 0.29) is 0 Å². The highest BCUT2D eigenvalue weighted by Gasteiger charge is 2.16. The van der Waals surface area contributed by atoms with Gasteiger partial charge in [0.1, 0.15) is 0 Å². The number of anilines is 14. The molecule has 0 fully saturated rings. The number of aryl methyl sites for hydroxylation is 1. The molecule has 518 valence electrons. The van der Waals surface area contributed by atoms with Crippen LogP contribution in [0.1, 0.15) is 82.3 Å². The summed E-state index contributed by atoms with van der Waals surface area (Å²) in [4.78, 5) is 11.2. The van der Waals surface area contributed by atoms with Gasteiger partial charge in [0.25, 0.3) is 0 Å². The van der Waals surface area contributed by atoms with Gasteiger partial charge in [0.05, 0.1) is 0 Å². The van der Waals surface area contributed by atoms with Gasteiger partial charge in [0.15, 0.2) is 0 Å². The molecular formula is C95H103N7. The highest BCUT2D eigenvalue weighted by Crippen LogP contribution is 2.39. The van der Waals surface area contributed by atoms with Gasteiger partial charge in [0.2, 0.25) is 0 Å². The van der Waals surface area contributed by atoms with Crippen molar-refractivity contribution < 1.29 is 0 Å². The second kappa shape index (κ2) is 41.8. The summed E-state index contributed by atoms with van der Waals surface area (Å²) in [6.45, 7) is 6.03. The quantitative estimate of drug-likeness (QED) is 0.0524. The van der Waals surface area contributed by atoms with Crippen LogP contribution in [-0.2, 0) is 6.42 Å². The zero-order valence-corrected chi connectivity index (χ0v) is 60.8. The predicted octanol–water partition coefficient (Wildman–Crippen LogP) is 27.0. The van der Waals surface area contributed by atoms with Crippen molar-refractivity contribution in [2.75, 3.05) is 70.4 Å². The Hall–Kier alpha value is -11.5. The minimum Gasteiger partial charge on any atom is -0.388 e. The molecule has 0 unspecified atom stereocenters. The van der Waals surface area contributed by atoms with E-state index in [1.165, 1.54) is 115 Å². The third-order valence-corrected chi connectivity index (χ3v) is 18.1. The van der Waals surface area contributed by atoms with Crippen molar-refractivity contribution in [3.05, 3.63) is 370 Å². The Kier molecular flexibility index (Phi) is 30.6.